The molecule has 0 aromatic carbocycles. The van der Waals surface area contributed by atoms with Crippen molar-refractivity contribution in [2.24, 2.45) is 23.7 Å². The highest BCUT2D eigenvalue weighted by Crippen LogP contribution is 2.25. The molecule has 24 heavy (non-hydrogen) atoms. The summed E-state index contributed by atoms with van der Waals surface area (Å²) in [5, 5.41) is 0. The maximum absolute atomic E-state index is 2.60. The number of nitrogens with zero attached hydrogens (tertiary/aromatic N) is 2. The lowest BCUT2D eigenvalue weighted by molar-refractivity contribution is 0.129. The van der Waals surface area contributed by atoms with Gasteiger partial charge in [0.25, 0.3) is 0 Å². The van der Waals surface area contributed by atoms with Crippen LogP contribution in [-0.4, -0.2) is 48.1 Å². The fraction of sp³-hybridized carbons (Fsp3) is 1.00. The number of likely N-dealkylation sites (tertiary alicyclic amines) is 2. The predicted molar refractivity (Wildman–Crippen MR) is 111 cm³/mol. The standard InChI is InChI=1S/C11H23N.C10H21N.CH4/c1-9(2)11-5-7-12(8-6-11)10(3)4;1-8(2)10-5-6-11(7-10)9(3)4;/h9-11H,5-8H2,1-4H3;8-10H,5-7H2,1-4H3;1H4. The molecule has 1 unspecified atom stereocenters. The van der Waals surface area contributed by atoms with Crippen LogP contribution in [0.25, 0.3) is 0 Å². The third kappa shape index (κ3) is 7.87. The van der Waals surface area contributed by atoms with Gasteiger partial charge in [0.15, 0.2) is 0 Å². The molecule has 0 aliphatic carbocycles. The summed E-state index contributed by atoms with van der Waals surface area (Å²) in [4.78, 5) is 5.18. The summed E-state index contributed by atoms with van der Waals surface area (Å²) in [5.74, 6) is 3.70. The molecule has 0 spiro atoms. The quantitative estimate of drug-likeness (QED) is 0.641. The zero-order valence-corrected chi connectivity index (χ0v) is 17.3. The van der Waals surface area contributed by atoms with Crippen LogP contribution in [0.4, 0.5) is 0 Å². The molecule has 2 rings (SSSR count). The topological polar surface area (TPSA) is 6.48 Å². The van der Waals surface area contributed by atoms with E-state index < -0.39 is 0 Å². The van der Waals surface area contributed by atoms with E-state index in [0.717, 1.165) is 35.8 Å². The highest BCUT2D eigenvalue weighted by Gasteiger charge is 2.25. The molecule has 2 heteroatoms. The molecular formula is C22H48N2. The molecule has 146 valence electrons. The van der Waals surface area contributed by atoms with Crippen LogP contribution in [0.3, 0.4) is 0 Å². The fourth-order valence-corrected chi connectivity index (χ4v) is 3.93. The molecule has 1 atom stereocenters. The van der Waals surface area contributed by atoms with Crippen molar-refractivity contribution in [2.75, 3.05) is 26.2 Å². The monoisotopic (exact) mass is 340 g/mol. The van der Waals surface area contributed by atoms with Gasteiger partial charge in [0.05, 0.1) is 0 Å². The van der Waals surface area contributed by atoms with Gasteiger partial charge >= 0.3 is 0 Å². The molecule has 2 aliphatic rings. The van der Waals surface area contributed by atoms with Gasteiger partial charge in [0.2, 0.25) is 0 Å². The van der Waals surface area contributed by atoms with E-state index in [1.807, 2.05) is 0 Å². The second kappa shape index (κ2) is 11.5. The van der Waals surface area contributed by atoms with Crippen LogP contribution in [0.5, 0.6) is 0 Å². The van der Waals surface area contributed by atoms with Crippen molar-refractivity contribution in [3.8, 4) is 0 Å². The first kappa shape index (κ1) is 23.9. The van der Waals surface area contributed by atoms with Crippen molar-refractivity contribution in [3.05, 3.63) is 0 Å². The number of rotatable bonds is 4. The fourth-order valence-electron chi connectivity index (χ4n) is 3.93. The Hall–Kier alpha value is -0.0800. The van der Waals surface area contributed by atoms with Crippen molar-refractivity contribution in [2.45, 2.75) is 94.2 Å². The smallest absolute Gasteiger partial charge is 0.00387 e. The van der Waals surface area contributed by atoms with Crippen LogP contribution in [0.15, 0.2) is 0 Å². The molecule has 2 saturated heterocycles. The van der Waals surface area contributed by atoms with Crippen LogP contribution >= 0.6 is 0 Å². The van der Waals surface area contributed by atoms with E-state index in [1.54, 1.807) is 0 Å². The molecule has 2 aliphatic heterocycles. The molecular weight excluding hydrogens is 292 g/mol. The van der Waals surface area contributed by atoms with E-state index in [9.17, 15) is 0 Å². The van der Waals surface area contributed by atoms with Gasteiger partial charge in [0.1, 0.15) is 0 Å². The Labute approximate surface area is 154 Å². The van der Waals surface area contributed by atoms with E-state index in [4.69, 9.17) is 0 Å². The molecule has 2 fully saturated rings. The lowest BCUT2D eigenvalue weighted by atomic mass is 9.86. The Kier molecular flexibility index (Phi) is 11.5. The van der Waals surface area contributed by atoms with Crippen molar-refractivity contribution < 1.29 is 0 Å². The molecule has 0 bridgehead atoms. The third-order valence-electron chi connectivity index (χ3n) is 6.18. The zero-order valence-electron chi connectivity index (χ0n) is 17.3. The Morgan fingerprint density at radius 2 is 0.958 bits per heavy atom. The molecule has 0 N–H and O–H groups in total. The number of hydrogen-bond acceptors (Lipinski definition) is 2. The summed E-state index contributed by atoms with van der Waals surface area (Å²) in [6.07, 6.45) is 4.24. The molecule has 2 nitrogen and oxygen atoms in total. The predicted octanol–water partition coefficient (Wildman–Crippen LogP) is 5.77. The summed E-state index contributed by atoms with van der Waals surface area (Å²) < 4.78 is 0. The van der Waals surface area contributed by atoms with E-state index in [2.05, 4.69) is 65.2 Å². The first-order chi connectivity index (χ1) is 10.7. The molecule has 2 heterocycles. The lowest BCUT2D eigenvalue weighted by Gasteiger charge is -2.36. The van der Waals surface area contributed by atoms with Crippen LogP contribution in [0.2, 0.25) is 0 Å². The Morgan fingerprint density at radius 3 is 1.25 bits per heavy atom. The lowest BCUT2D eigenvalue weighted by Crippen LogP contribution is -2.39. The maximum Gasteiger partial charge on any atom is 0.00387 e. The van der Waals surface area contributed by atoms with Crippen molar-refractivity contribution in [1.29, 1.82) is 0 Å². The van der Waals surface area contributed by atoms with E-state index in [0.29, 0.717) is 0 Å². The van der Waals surface area contributed by atoms with Gasteiger partial charge in [-0.1, -0.05) is 35.1 Å². The number of hydrogen-bond donors (Lipinski definition) is 0. The van der Waals surface area contributed by atoms with Gasteiger partial charge in [-0.25, -0.2) is 0 Å². The Bertz CT molecular complexity index is 271. The normalized spacial score (nSPS) is 23.8. The van der Waals surface area contributed by atoms with Crippen LogP contribution in [0, 0.1) is 23.7 Å². The van der Waals surface area contributed by atoms with Crippen LogP contribution < -0.4 is 0 Å². The summed E-state index contributed by atoms with van der Waals surface area (Å²) in [7, 11) is 0. The highest BCUT2D eigenvalue weighted by atomic mass is 15.2. The minimum absolute atomic E-state index is 0. The minimum atomic E-state index is 0. The molecule has 0 aromatic heterocycles. The summed E-state index contributed by atoms with van der Waals surface area (Å²) >= 11 is 0. The molecule has 0 aromatic rings. The van der Waals surface area contributed by atoms with Crippen molar-refractivity contribution in [3.63, 3.8) is 0 Å². The van der Waals surface area contributed by atoms with Gasteiger partial charge in [-0.3, -0.25) is 0 Å². The van der Waals surface area contributed by atoms with Gasteiger partial charge < -0.3 is 9.80 Å². The second-order valence-corrected chi connectivity index (χ2v) is 9.09. The van der Waals surface area contributed by atoms with E-state index in [-0.39, 0.29) is 7.43 Å². The van der Waals surface area contributed by atoms with E-state index in [1.165, 1.54) is 45.4 Å². The van der Waals surface area contributed by atoms with Crippen LogP contribution in [-0.2, 0) is 0 Å². The maximum atomic E-state index is 2.60. The van der Waals surface area contributed by atoms with Gasteiger partial charge in [-0.2, -0.15) is 0 Å². The second-order valence-electron chi connectivity index (χ2n) is 9.09. The molecule has 0 radical (unpaired) electrons. The van der Waals surface area contributed by atoms with Crippen LogP contribution in [0.1, 0.15) is 82.1 Å². The first-order valence-electron chi connectivity index (χ1n) is 10.2. The third-order valence-corrected chi connectivity index (χ3v) is 6.18. The van der Waals surface area contributed by atoms with Gasteiger partial charge in [0, 0.05) is 18.6 Å². The minimum Gasteiger partial charge on any atom is -0.301 e. The summed E-state index contributed by atoms with van der Waals surface area (Å²) in [5.41, 5.74) is 0. The van der Waals surface area contributed by atoms with Crippen molar-refractivity contribution >= 4 is 0 Å². The first-order valence-corrected chi connectivity index (χ1v) is 10.2. The average molecular weight is 341 g/mol. The number of piperidine rings is 1. The van der Waals surface area contributed by atoms with Gasteiger partial charge in [-0.15, -0.1) is 0 Å². The Balaban J connectivity index is 0.000000425. The summed E-state index contributed by atoms with van der Waals surface area (Å²) in [6.45, 7) is 23.9. The summed E-state index contributed by atoms with van der Waals surface area (Å²) in [6, 6.07) is 1.50. The Morgan fingerprint density at radius 1 is 0.583 bits per heavy atom. The van der Waals surface area contributed by atoms with Gasteiger partial charge in [-0.05, 0) is 90.3 Å². The average Bonchev–Trinajstić information content (AvgIpc) is 2.98. The van der Waals surface area contributed by atoms with E-state index >= 15 is 0 Å². The molecule has 0 saturated carbocycles. The molecule has 0 amide bonds. The SMILES string of the molecule is C.CC(C)C1CCN(C(C)C)C1.CC(C)C1CCN(C(C)C)CC1. The zero-order chi connectivity index (χ0) is 17.6. The largest absolute Gasteiger partial charge is 0.301 e. The van der Waals surface area contributed by atoms with Crippen molar-refractivity contribution in [1.82, 2.24) is 9.80 Å². The highest BCUT2D eigenvalue weighted by molar-refractivity contribution is 4.79.